The van der Waals surface area contributed by atoms with Crippen molar-refractivity contribution in [3.8, 4) is 0 Å². The lowest BCUT2D eigenvalue weighted by Gasteiger charge is -2.09. The lowest BCUT2D eigenvalue weighted by atomic mass is 10.4. The Morgan fingerprint density at radius 2 is 2.27 bits per heavy atom. The Bertz CT molecular complexity index is 348. The summed E-state index contributed by atoms with van der Waals surface area (Å²) in [6.07, 6.45) is 0. The van der Waals surface area contributed by atoms with Gasteiger partial charge in [0.25, 0.3) is 5.91 Å². The molecule has 0 aliphatic carbocycles. The van der Waals surface area contributed by atoms with Crippen molar-refractivity contribution in [1.82, 2.24) is 4.90 Å². The summed E-state index contributed by atoms with van der Waals surface area (Å²) in [5, 5.41) is 4.06. The highest BCUT2D eigenvalue weighted by atomic mass is 32.1. The third kappa shape index (κ3) is 3.41. The lowest BCUT2D eigenvalue weighted by molar-refractivity contribution is 0.100. The van der Waals surface area contributed by atoms with Gasteiger partial charge in [-0.25, -0.2) is 0 Å². The number of nitrogens with one attached hydrogen (secondary N) is 1. The summed E-state index contributed by atoms with van der Waals surface area (Å²) in [6.45, 7) is 1.73. The van der Waals surface area contributed by atoms with E-state index >= 15 is 0 Å². The van der Waals surface area contributed by atoms with Gasteiger partial charge in [0.05, 0.1) is 10.7 Å². The van der Waals surface area contributed by atoms with Crippen molar-refractivity contribution >= 4 is 27.9 Å². The van der Waals surface area contributed by atoms with Crippen LogP contribution in [0.1, 0.15) is 9.67 Å². The first-order valence-corrected chi connectivity index (χ1v) is 5.40. The summed E-state index contributed by atoms with van der Waals surface area (Å²) in [5.41, 5.74) is 11.2. The normalized spacial score (nSPS) is 10.6. The van der Waals surface area contributed by atoms with Crippen LogP contribution in [0.4, 0.5) is 10.7 Å². The Balaban J connectivity index is 2.56. The van der Waals surface area contributed by atoms with E-state index in [2.05, 4.69) is 10.2 Å². The molecule has 1 aromatic rings. The molecule has 15 heavy (non-hydrogen) atoms. The molecule has 84 valence electrons. The molecule has 5 N–H and O–H groups in total. The van der Waals surface area contributed by atoms with E-state index in [0.717, 1.165) is 18.1 Å². The molecule has 1 rings (SSSR count). The van der Waals surface area contributed by atoms with Gasteiger partial charge in [-0.1, -0.05) is 0 Å². The number of hydrogen-bond donors (Lipinski definition) is 3. The summed E-state index contributed by atoms with van der Waals surface area (Å²) < 4.78 is 0. The number of amides is 1. The van der Waals surface area contributed by atoms with Crippen LogP contribution in [0.15, 0.2) is 6.07 Å². The molecule has 0 aromatic carbocycles. The molecule has 0 aliphatic rings. The third-order valence-corrected chi connectivity index (χ3v) is 2.97. The van der Waals surface area contributed by atoms with E-state index in [1.54, 1.807) is 6.07 Å². The second kappa shape index (κ2) is 4.99. The quantitative estimate of drug-likeness (QED) is 0.681. The molecule has 0 spiro atoms. The third-order valence-electron chi connectivity index (χ3n) is 1.84. The van der Waals surface area contributed by atoms with Gasteiger partial charge in [-0.05, 0) is 20.2 Å². The van der Waals surface area contributed by atoms with E-state index < -0.39 is 5.91 Å². The highest BCUT2D eigenvalue weighted by Crippen LogP contribution is 2.28. The zero-order valence-electron chi connectivity index (χ0n) is 8.91. The van der Waals surface area contributed by atoms with Crippen LogP contribution in [0, 0.1) is 0 Å². The summed E-state index contributed by atoms with van der Waals surface area (Å²) in [6, 6.07) is 1.74. The molecule has 6 heteroatoms. The van der Waals surface area contributed by atoms with Gasteiger partial charge < -0.3 is 21.7 Å². The van der Waals surface area contributed by atoms with Crippen LogP contribution in [0.5, 0.6) is 0 Å². The molecule has 0 atom stereocenters. The predicted octanol–water partition coefficient (Wildman–Crippen LogP) is 0.403. The van der Waals surface area contributed by atoms with Crippen LogP contribution in [0.2, 0.25) is 0 Å². The number of likely N-dealkylation sites (N-methyl/N-ethyl adjacent to an activating group) is 1. The smallest absolute Gasteiger partial charge is 0.260 e. The standard InChI is InChI=1S/C9H16N4OS/c1-13(2)4-3-12-7-5-6(10)8(15-7)9(11)14/h5,12H,3-4,10H2,1-2H3,(H2,11,14). The molecule has 0 unspecified atom stereocenters. The van der Waals surface area contributed by atoms with Crippen molar-refractivity contribution in [2.75, 3.05) is 38.2 Å². The monoisotopic (exact) mass is 228 g/mol. The molecule has 0 saturated heterocycles. The summed E-state index contributed by atoms with van der Waals surface area (Å²) in [4.78, 5) is 13.4. The molecule has 1 amide bonds. The topological polar surface area (TPSA) is 84.4 Å². The fourth-order valence-electron chi connectivity index (χ4n) is 1.09. The number of carbonyl (C=O) groups is 1. The van der Waals surface area contributed by atoms with Crippen LogP contribution in [-0.4, -0.2) is 38.0 Å². The van der Waals surface area contributed by atoms with Crippen LogP contribution < -0.4 is 16.8 Å². The average molecular weight is 228 g/mol. The largest absolute Gasteiger partial charge is 0.397 e. The fourth-order valence-corrected chi connectivity index (χ4v) is 1.94. The number of primary amides is 1. The minimum atomic E-state index is -0.474. The molecule has 1 aromatic heterocycles. The maximum atomic E-state index is 10.9. The Hall–Kier alpha value is -1.27. The maximum absolute atomic E-state index is 10.9. The van der Waals surface area contributed by atoms with E-state index in [1.165, 1.54) is 11.3 Å². The number of anilines is 2. The molecule has 0 aliphatic heterocycles. The number of rotatable bonds is 5. The van der Waals surface area contributed by atoms with Crippen LogP contribution in [-0.2, 0) is 0 Å². The van der Waals surface area contributed by atoms with E-state index in [-0.39, 0.29) is 0 Å². The minimum Gasteiger partial charge on any atom is -0.397 e. The van der Waals surface area contributed by atoms with Gasteiger partial charge in [0.1, 0.15) is 4.88 Å². The highest BCUT2D eigenvalue weighted by Gasteiger charge is 2.10. The molecule has 0 bridgehead atoms. The predicted molar refractivity (Wildman–Crippen MR) is 64.3 cm³/mol. The first-order valence-electron chi connectivity index (χ1n) is 4.58. The van der Waals surface area contributed by atoms with Crippen molar-refractivity contribution in [2.45, 2.75) is 0 Å². The van der Waals surface area contributed by atoms with Gasteiger partial charge in [-0.15, -0.1) is 11.3 Å². The second-order valence-corrected chi connectivity index (χ2v) is 4.54. The van der Waals surface area contributed by atoms with Crippen LogP contribution >= 0.6 is 11.3 Å². The van der Waals surface area contributed by atoms with Crippen LogP contribution in [0.3, 0.4) is 0 Å². The van der Waals surface area contributed by atoms with Crippen molar-refractivity contribution in [3.05, 3.63) is 10.9 Å². The van der Waals surface area contributed by atoms with Crippen molar-refractivity contribution < 1.29 is 4.79 Å². The molecular weight excluding hydrogens is 212 g/mol. The van der Waals surface area contributed by atoms with E-state index in [9.17, 15) is 4.79 Å². The number of thiophene rings is 1. The second-order valence-electron chi connectivity index (χ2n) is 3.49. The zero-order chi connectivity index (χ0) is 11.4. The fraction of sp³-hybridized carbons (Fsp3) is 0.444. The summed E-state index contributed by atoms with van der Waals surface area (Å²) in [5.74, 6) is -0.474. The molecule has 1 heterocycles. The average Bonchev–Trinajstić information content (AvgIpc) is 2.46. The number of hydrogen-bond acceptors (Lipinski definition) is 5. The minimum absolute atomic E-state index is 0.419. The summed E-state index contributed by atoms with van der Waals surface area (Å²) in [7, 11) is 4.00. The van der Waals surface area contributed by atoms with Crippen molar-refractivity contribution in [2.24, 2.45) is 5.73 Å². The maximum Gasteiger partial charge on any atom is 0.260 e. The SMILES string of the molecule is CN(C)CCNc1cc(N)c(C(N)=O)s1. The van der Waals surface area contributed by atoms with Crippen molar-refractivity contribution in [1.29, 1.82) is 0 Å². The Morgan fingerprint density at radius 1 is 1.60 bits per heavy atom. The van der Waals surface area contributed by atoms with E-state index in [1.807, 2.05) is 14.1 Å². The molecular formula is C9H16N4OS. The summed E-state index contributed by atoms with van der Waals surface area (Å²) >= 11 is 1.29. The zero-order valence-corrected chi connectivity index (χ0v) is 9.73. The van der Waals surface area contributed by atoms with Gasteiger partial charge in [0.2, 0.25) is 0 Å². The van der Waals surface area contributed by atoms with Gasteiger partial charge in [0.15, 0.2) is 0 Å². The molecule has 0 fully saturated rings. The number of nitrogens with zero attached hydrogens (tertiary/aromatic N) is 1. The van der Waals surface area contributed by atoms with E-state index in [4.69, 9.17) is 11.5 Å². The van der Waals surface area contributed by atoms with Gasteiger partial charge in [-0.3, -0.25) is 4.79 Å². The Labute approximate surface area is 93.0 Å². The van der Waals surface area contributed by atoms with E-state index in [0.29, 0.717) is 10.6 Å². The first-order chi connectivity index (χ1) is 7.00. The highest BCUT2D eigenvalue weighted by molar-refractivity contribution is 7.18. The van der Waals surface area contributed by atoms with Gasteiger partial charge >= 0.3 is 0 Å². The number of nitrogen functional groups attached to an aromatic ring is 1. The molecule has 5 nitrogen and oxygen atoms in total. The lowest BCUT2D eigenvalue weighted by Crippen LogP contribution is -2.20. The van der Waals surface area contributed by atoms with Crippen molar-refractivity contribution in [3.63, 3.8) is 0 Å². The number of nitrogens with two attached hydrogens (primary N) is 2. The van der Waals surface area contributed by atoms with Gasteiger partial charge in [-0.2, -0.15) is 0 Å². The first kappa shape index (κ1) is 11.8. The Morgan fingerprint density at radius 3 is 2.73 bits per heavy atom. The molecule has 0 saturated carbocycles. The van der Waals surface area contributed by atoms with Crippen LogP contribution in [0.25, 0.3) is 0 Å². The number of carbonyl (C=O) groups excluding carboxylic acids is 1. The molecule has 0 radical (unpaired) electrons. The van der Waals surface area contributed by atoms with Gasteiger partial charge in [0, 0.05) is 13.1 Å². The Kier molecular flexibility index (Phi) is 3.93.